The fourth-order valence-corrected chi connectivity index (χ4v) is 18.4. The van der Waals surface area contributed by atoms with Crippen molar-refractivity contribution in [1.82, 2.24) is 0 Å². The smallest absolute Gasteiger partial charge is 1.00 e. The number of allylic oxidation sites excluding steroid dienone is 4. The van der Waals surface area contributed by atoms with Crippen molar-refractivity contribution in [3.05, 3.63) is 148 Å². The number of benzene rings is 4. The first-order chi connectivity index (χ1) is 23.8. The Labute approximate surface area is 350 Å². The molecule has 0 spiro atoms. The fourth-order valence-electron chi connectivity index (χ4n) is 8.59. The summed E-state index contributed by atoms with van der Waals surface area (Å²) < 4.78 is 3.56. The van der Waals surface area contributed by atoms with E-state index < -0.39 is 21.3 Å². The second-order valence-corrected chi connectivity index (χ2v) is 25.1. The Morgan fingerprint density at radius 1 is 0.623 bits per heavy atom. The predicted molar refractivity (Wildman–Crippen MR) is 221 cm³/mol. The second kappa shape index (κ2) is 16.4. The summed E-state index contributed by atoms with van der Waals surface area (Å²) in [6, 6.07) is 27.7. The summed E-state index contributed by atoms with van der Waals surface area (Å²) in [5, 5.41) is 1.54. The van der Waals surface area contributed by atoms with Crippen molar-refractivity contribution < 1.29 is 46.1 Å². The van der Waals surface area contributed by atoms with Crippen LogP contribution in [-0.4, -0.2) is 3.21 Å². The average Bonchev–Trinajstić information content (AvgIpc) is 3.58. The number of halogens is 4. The van der Waals surface area contributed by atoms with Crippen molar-refractivity contribution in [2.24, 2.45) is 11.3 Å². The van der Waals surface area contributed by atoms with Gasteiger partial charge in [0.1, 0.15) is 0 Å². The molecule has 280 valence electrons. The summed E-state index contributed by atoms with van der Waals surface area (Å²) in [4.78, 5) is 0. The normalized spacial score (nSPS) is 15.4. The average molecular weight is 866 g/mol. The molecule has 1 unspecified atom stereocenters. The quantitative estimate of drug-likeness (QED) is 0.183. The predicted octanol–water partition coefficient (Wildman–Crippen LogP) is 8.46. The zero-order valence-electron chi connectivity index (χ0n) is 33.7. The molecule has 0 nitrogen and oxygen atoms in total. The molecule has 4 aromatic rings. The summed E-state index contributed by atoms with van der Waals surface area (Å²) in [6.45, 7) is 28.3. The van der Waals surface area contributed by atoms with Gasteiger partial charge in [0.25, 0.3) is 0 Å². The number of hydrogen-bond acceptors (Lipinski definition) is 0. The van der Waals surface area contributed by atoms with Gasteiger partial charge in [-0.15, -0.1) is 0 Å². The van der Waals surface area contributed by atoms with E-state index in [2.05, 4.69) is 168 Å². The molecule has 2 aliphatic rings. The second-order valence-electron chi connectivity index (χ2n) is 18.1. The minimum atomic E-state index is -3.04. The van der Waals surface area contributed by atoms with Crippen LogP contribution in [0, 0.1) is 25.2 Å². The fraction of sp³-hybridized carbons (Fsp3) is 0.396. The van der Waals surface area contributed by atoms with Crippen molar-refractivity contribution in [3.63, 3.8) is 0 Å². The van der Waals surface area contributed by atoms with Gasteiger partial charge >= 0.3 is 329 Å². The van der Waals surface area contributed by atoms with Crippen molar-refractivity contribution >= 4 is 26.4 Å². The van der Waals surface area contributed by atoms with Gasteiger partial charge in [0.15, 0.2) is 0 Å². The van der Waals surface area contributed by atoms with Crippen LogP contribution in [0.15, 0.2) is 93.8 Å². The van der Waals surface area contributed by atoms with E-state index in [4.69, 9.17) is 23.2 Å². The zero-order chi connectivity index (χ0) is 37.2. The van der Waals surface area contributed by atoms with Crippen LogP contribution in [-0.2, 0) is 32.1 Å². The summed E-state index contributed by atoms with van der Waals surface area (Å²) in [6.07, 6.45) is 7.63. The minimum Gasteiger partial charge on any atom is -1.00 e. The van der Waals surface area contributed by atoms with Gasteiger partial charge in [-0.1, -0.05) is 0 Å². The summed E-state index contributed by atoms with van der Waals surface area (Å²) >= 11 is 10.1. The molecule has 6 rings (SSSR count). The van der Waals surface area contributed by atoms with E-state index in [1.807, 2.05) is 0 Å². The summed E-state index contributed by atoms with van der Waals surface area (Å²) in [5.41, 5.74) is 15.8. The third-order valence-corrected chi connectivity index (χ3v) is 20.0. The Morgan fingerprint density at radius 2 is 1.04 bits per heavy atom. The van der Waals surface area contributed by atoms with Crippen molar-refractivity contribution in [1.29, 1.82) is 0 Å². The van der Waals surface area contributed by atoms with Crippen LogP contribution >= 0.6 is 23.2 Å². The van der Waals surface area contributed by atoms with Crippen LogP contribution in [0.2, 0.25) is 10.0 Å². The van der Waals surface area contributed by atoms with Crippen LogP contribution < -0.4 is 24.8 Å². The molecule has 0 fully saturated rings. The molecule has 2 aliphatic carbocycles. The van der Waals surface area contributed by atoms with Crippen LogP contribution in [0.1, 0.15) is 130 Å². The number of fused-ring (bicyclic) bond motifs is 3. The van der Waals surface area contributed by atoms with Crippen molar-refractivity contribution in [3.8, 4) is 11.1 Å². The number of rotatable bonds is 6. The molecule has 0 aliphatic heterocycles. The van der Waals surface area contributed by atoms with Crippen LogP contribution in [0.5, 0.6) is 0 Å². The molecule has 4 aromatic carbocycles. The maximum Gasteiger partial charge on any atom is -1.00 e. The van der Waals surface area contributed by atoms with Gasteiger partial charge in [0.2, 0.25) is 0 Å². The molecular formula is C48H56Cl4Zr. The van der Waals surface area contributed by atoms with Gasteiger partial charge in [-0.25, -0.2) is 0 Å². The van der Waals surface area contributed by atoms with Gasteiger partial charge in [-0.05, 0) is 0 Å². The summed E-state index contributed by atoms with van der Waals surface area (Å²) in [5.74, 6) is 0.436. The van der Waals surface area contributed by atoms with E-state index in [9.17, 15) is 0 Å². The van der Waals surface area contributed by atoms with E-state index in [0.29, 0.717) is 9.54 Å². The molecule has 5 heteroatoms. The molecular weight excluding hydrogens is 810 g/mol. The number of hydrogen-bond donors (Lipinski definition) is 0. The maximum atomic E-state index is 6.59. The van der Waals surface area contributed by atoms with Crippen molar-refractivity contribution in [2.75, 3.05) is 0 Å². The Morgan fingerprint density at radius 3 is 1.40 bits per heavy atom. The van der Waals surface area contributed by atoms with Crippen LogP contribution in [0.25, 0.3) is 11.1 Å². The maximum absolute atomic E-state index is 6.59. The van der Waals surface area contributed by atoms with E-state index in [0.717, 1.165) is 16.5 Å². The number of aryl methyl sites for hydroxylation is 2. The molecule has 0 bridgehead atoms. The van der Waals surface area contributed by atoms with Gasteiger partial charge < -0.3 is 24.8 Å². The molecule has 0 saturated carbocycles. The van der Waals surface area contributed by atoms with E-state index >= 15 is 0 Å². The standard InChI is InChI=1S/C23H29.C13H8Cl2.C12H19.2ClH.Zr/c1-14-9-16-11-17-10-15(2)21(23(6,7)8)13-19(17)18(16)12-20(14)22(3,4)5;14-12-5-1-10(2-6-12)9-11-3-7-13(15)8-4-11;1-5-6-10-7-8-11(9-10)12(2,3)4;;;/h9-13H,1-8H3;1-8H;8-10H,5-6H2,1-4H3;2*1H;/q;;;;;+2/p-2. The molecule has 0 heterocycles. The third kappa shape index (κ3) is 8.82. The molecule has 0 N–H and O–H groups in total. The first-order valence-electron chi connectivity index (χ1n) is 18.8. The van der Waals surface area contributed by atoms with Crippen LogP contribution in [0.3, 0.4) is 0 Å². The first-order valence-corrected chi connectivity index (χ1v) is 23.4. The molecule has 53 heavy (non-hydrogen) atoms. The Hall–Kier alpha value is -1.73. The Bertz CT molecular complexity index is 1960. The van der Waals surface area contributed by atoms with Gasteiger partial charge in [-0.3, -0.25) is 0 Å². The zero-order valence-corrected chi connectivity index (χ0v) is 39.1. The Kier molecular flexibility index (Phi) is 13.6. The largest absolute Gasteiger partial charge is 1.00 e. The topological polar surface area (TPSA) is 0 Å². The van der Waals surface area contributed by atoms with Crippen molar-refractivity contribution in [2.45, 2.75) is 110 Å². The van der Waals surface area contributed by atoms with Gasteiger partial charge in [0, 0.05) is 0 Å². The minimum absolute atomic E-state index is 0. The van der Waals surface area contributed by atoms with E-state index in [1.165, 1.54) is 70.8 Å². The molecule has 0 radical (unpaired) electrons. The SMILES string of the molecule is CCCC1C=C(C(C)(C)C)C=[C]1[Zr+2](=[C](c1ccc(Cl)cc1)c1ccc(Cl)cc1)[CH]1c2cc(C)c(C(C)(C)C)cc2-c2cc(C(C)(C)C)c(C)cc21.[Cl-].[Cl-]. The van der Waals surface area contributed by atoms with E-state index in [-0.39, 0.29) is 41.1 Å². The third-order valence-electron chi connectivity index (χ3n) is 11.0. The molecule has 1 atom stereocenters. The van der Waals surface area contributed by atoms with Crippen LogP contribution in [0.4, 0.5) is 0 Å². The monoisotopic (exact) mass is 862 g/mol. The molecule has 0 amide bonds. The van der Waals surface area contributed by atoms with Gasteiger partial charge in [0.05, 0.1) is 0 Å². The first kappa shape index (κ1) is 44.0. The summed E-state index contributed by atoms with van der Waals surface area (Å²) in [7, 11) is 0. The Balaban J connectivity index is 0.00000314. The molecule has 0 saturated heterocycles. The molecule has 0 aromatic heterocycles. The van der Waals surface area contributed by atoms with E-state index in [1.54, 1.807) is 3.28 Å². The van der Waals surface area contributed by atoms with Gasteiger partial charge in [-0.2, -0.15) is 0 Å².